The van der Waals surface area contributed by atoms with Crippen LogP contribution in [-0.2, 0) is 17.6 Å². The van der Waals surface area contributed by atoms with E-state index in [2.05, 4.69) is 5.16 Å². The molecular formula is C29H22ClF2NO3. The van der Waals surface area contributed by atoms with Gasteiger partial charge in [-0.05, 0) is 77.1 Å². The molecule has 1 heterocycles. The maximum absolute atomic E-state index is 13.9. The molecule has 36 heavy (non-hydrogen) atoms. The molecule has 7 heteroatoms. The number of rotatable bonds is 8. The first kappa shape index (κ1) is 23.9. The van der Waals surface area contributed by atoms with E-state index in [0.29, 0.717) is 28.3 Å². The highest BCUT2D eigenvalue weighted by Gasteiger charge is 2.26. The predicted molar refractivity (Wildman–Crippen MR) is 134 cm³/mol. The molecule has 3 aromatic carbocycles. The van der Waals surface area contributed by atoms with E-state index in [9.17, 15) is 18.7 Å². The third-order valence-electron chi connectivity index (χ3n) is 6.41. The molecule has 1 aliphatic rings. The van der Waals surface area contributed by atoms with Crippen LogP contribution in [0.2, 0.25) is 5.02 Å². The van der Waals surface area contributed by atoms with Gasteiger partial charge in [0.2, 0.25) is 0 Å². The van der Waals surface area contributed by atoms with Gasteiger partial charge in [-0.15, -0.1) is 0 Å². The summed E-state index contributed by atoms with van der Waals surface area (Å²) in [6.45, 7) is 0. The molecule has 0 fully saturated rings. The molecular weight excluding hydrogens is 484 g/mol. The fraction of sp³-hybridized carbons (Fsp3) is 0.172. The van der Waals surface area contributed by atoms with Crippen molar-refractivity contribution in [3.05, 3.63) is 112 Å². The average Bonchev–Trinajstić information content (AvgIpc) is 3.46. The van der Waals surface area contributed by atoms with Gasteiger partial charge in [0, 0.05) is 35.4 Å². The summed E-state index contributed by atoms with van der Waals surface area (Å²) in [4.78, 5) is 13.3. The zero-order chi connectivity index (χ0) is 25.2. The summed E-state index contributed by atoms with van der Waals surface area (Å²) in [6, 6.07) is 15.6. The van der Waals surface area contributed by atoms with Crippen molar-refractivity contribution in [3.63, 3.8) is 0 Å². The highest BCUT2D eigenvalue weighted by Crippen LogP contribution is 2.36. The van der Waals surface area contributed by atoms with E-state index >= 15 is 0 Å². The van der Waals surface area contributed by atoms with Crippen molar-refractivity contribution in [1.29, 1.82) is 0 Å². The van der Waals surface area contributed by atoms with Crippen LogP contribution < -0.4 is 0 Å². The van der Waals surface area contributed by atoms with Crippen molar-refractivity contribution < 1.29 is 23.2 Å². The van der Waals surface area contributed by atoms with Crippen molar-refractivity contribution in [2.24, 2.45) is 0 Å². The molecule has 4 nitrogen and oxygen atoms in total. The molecule has 0 spiro atoms. The maximum Gasteiger partial charge on any atom is 0.137 e. The molecule has 0 saturated heterocycles. The molecule has 0 amide bonds. The van der Waals surface area contributed by atoms with Crippen LogP contribution >= 0.6 is 11.6 Å². The van der Waals surface area contributed by atoms with E-state index < -0.39 is 17.6 Å². The number of carbonyl (C=O) groups is 1. The van der Waals surface area contributed by atoms with E-state index in [1.807, 2.05) is 24.3 Å². The Kier molecular flexibility index (Phi) is 6.70. The number of hydrogen-bond acceptors (Lipinski definition) is 4. The number of fused-ring (bicyclic) bond motifs is 1. The minimum absolute atomic E-state index is 0.0515. The molecule has 1 aliphatic carbocycles. The Morgan fingerprint density at radius 2 is 1.78 bits per heavy atom. The van der Waals surface area contributed by atoms with E-state index in [4.69, 9.17) is 16.1 Å². The zero-order valence-corrected chi connectivity index (χ0v) is 19.9. The van der Waals surface area contributed by atoms with Crippen molar-refractivity contribution in [1.82, 2.24) is 5.16 Å². The minimum atomic E-state index is -0.680. The first-order valence-electron chi connectivity index (χ1n) is 11.5. The molecule has 5 rings (SSSR count). The SMILES string of the molecule is O=C(CC1=CCc2ccc(O)cc21)C[C@@H](Cc1cc(F)cc(F)c1)c1nocc1-c1ccc(Cl)cc1. The number of carbonyl (C=O) groups excluding carboxylic acids is 1. The molecule has 0 bridgehead atoms. The lowest BCUT2D eigenvalue weighted by Gasteiger charge is -2.17. The van der Waals surface area contributed by atoms with Gasteiger partial charge in [-0.1, -0.05) is 41.0 Å². The van der Waals surface area contributed by atoms with Crippen LogP contribution in [0.25, 0.3) is 16.7 Å². The Labute approximate surface area is 211 Å². The van der Waals surface area contributed by atoms with Crippen molar-refractivity contribution in [2.75, 3.05) is 0 Å². The number of ketones is 1. The number of nitrogens with zero attached hydrogens (tertiary/aromatic N) is 1. The first-order chi connectivity index (χ1) is 17.4. The molecule has 0 saturated carbocycles. The average molecular weight is 506 g/mol. The Morgan fingerprint density at radius 1 is 1.03 bits per heavy atom. The second-order valence-corrected chi connectivity index (χ2v) is 9.43. The number of aromatic hydroxyl groups is 1. The molecule has 182 valence electrons. The fourth-order valence-corrected chi connectivity index (χ4v) is 4.90. The van der Waals surface area contributed by atoms with E-state index in [0.717, 1.165) is 28.3 Å². The van der Waals surface area contributed by atoms with Gasteiger partial charge in [0.25, 0.3) is 0 Å². The number of allylic oxidation sites excluding steroid dienone is 2. The minimum Gasteiger partial charge on any atom is -0.508 e. The quantitative estimate of drug-likeness (QED) is 0.273. The number of Topliss-reactive ketones (excluding diaryl/α,β-unsaturated/α-hetero) is 1. The number of hydrogen-bond donors (Lipinski definition) is 1. The highest BCUT2D eigenvalue weighted by atomic mass is 35.5. The predicted octanol–water partition coefficient (Wildman–Crippen LogP) is 7.29. The van der Waals surface area contributed by atoms with Gasteiger partial charge in [-0.3, -0.25) is 4.79 Å². The fourth-order valence-electron chi connectivity index (χ4n) is 4.78. The van der Waals surface area contributed by atoms with Crippen LogP contribution in [0.1, 0.15) is 41.1 Å². The van der Waals surface area contributed by atoms with Crippen molar-refractivity contribution in [2.45, 2.75) is 31.6 Å². The normalized spacial score (nSPS) is 13.4. The molecule has 1 aromatic heterocycles. The van der Waals surface area contributed by atoms with Crippen LogP contribution in [0.4, 0.5) is 8.78 Å². The number of halogens is 3. The molecule has 1 atom stereocenters. The summed E-state index contributed by atoms with van der Waals surface area (Å²) in [7, 11) is 0. The number of phenols is 1. The molecule has 1 N–H and O–H groups in total. The second-order valence-electron chi connectivity index (χ2n) is 8.99. The van der Waals surface area contributed by atoms with E-state index in [-0.39, 0.29) is 30.8 Å². The summed E-state index contributed by atoms with van der Waals surface area (Å²) in [6.07, 6.45) is 4.67. The van der Waals surface area contributed by atoms with Gasteiger partial charge in [-0.25, -0.2) is 8.78 Å². The molecule has 0 aliphatic heterocycles. The summed E-state index contributed by atoms with van der Waals surface area (Å²) in [5.74, 6) is -1.74. The van der Waals surface area contributed by atoms with Gasteiger partial charge < -0.3 is 9.63 Å². The Balaban J connectivity index is 1.44. The summed E-state index contributed by atoms with van der Waals surface area (Å²) >= 11 is 6.03. The van der Waals surface area contributed by atoms with Crippen LogP contribution in [-0.4, -0.2) is 16.0 Å². The first-order valence-corrected chi connectivity index (χ1v) is 11.9. The molecule has 0 radical (unpaired) electrons. The smallest absolute Gasteiger partial charge is 0.137 e. The van der Waals surface area contributed by atoms with Crippen LogP contribution in [0.5, 0.6) is 5.75 Å². The van der Waals surface area contributed by atoms with Gasteiger partial charge in [0.05, 0.1) is 5.69 Å². The number of phenolic OH excluding ortho intramolecular Hbond substituents is 1. The number of benzene rings is 3. The van der Waals surface area contributed by atoms with Gasteiger partial charge in [0.15, 0.2) is 0 Å². The van der Waals surface area contributed by atoms with E-state index in [1.54, 1.807) is 24.3 Å². The lowest BCUT2D eigenvalue weighted by Crippen LogP contribution is -2.12. The number of aromatic nitrogens is 1. The van der Waals surface area contributed by atoms with Crippen LogP contribution in [0.3, 0.4) is 0 Å². The van der Waals surface area contributed by atoms with Gasteiger partial charge in [-0.2, -0.15) is 0 Å². The third kappa shape index (κ3) is 5.24. The second kappa shape index (κ2) is 10.1. The molecule has 0 unspecified atom stereocenters. The Hall–Kier alpha value is -3.77. The topological polar surface area (TPSA) is 63.3 Å². The van der Waals surface area contributed by atoms with Crippen LogP contribution in [0.15, 0.2) is 77.5 Å². The lowest BCUT2D eigenvalue weighted by molar-refractivity contribution is -0.118. The summed E-state index contributed by atoms with van der Waals surface area (Å²) in [5, 5.41) is 14.7. The highest BCUT2D eigenvalue weighted by molar-refractivity contribution is 6.30. The zero-order valence-electron chi connectivity index (χ0n) is 19.2. The molecule has 4 aromatic rings. The van der Waals surface area contributed by atoms with Gasteiger partial charge >= 0.3 is 0 Å². The van der Waals surface area contributed by atoms with Crippen molar-refractivity contribution in [3.8, 4) is 16.9 Å². The lowest BCUT2D eigenvalue weighted by atomic mass is 9.86. The Morgan fingerprint density at radius 3 is 2.53 bits per heavy atom. The van der Waals surface area contributed by atoms with Crippen LogP contribution in [0, 0.1) is 11.6 Å². The third-order valence-corrected chi connectivity index (χ3v) is 6.67. The Bertz CT molecular complexity index is 1440. The van der Waals surface area contributed by atoms with Gasteiger partial charge in [0.1, 0.15) is 29.4 Å². The standard InChI is InChI=1S/C29H22ClF2NO3/c30-22-6-3-19(4-7-22)28-16-36-33-29(28)21(9-17-10-23(31)14-24(32)11-17)13-26(35)12-20-2-1-18-5-8-25(34)15-27(18)20/h2-8,10-11,14-16,21,34H,1,9,12-13H2/t21-/m1/s1. The summed E-state index contributed by atoms with van der Waals surface area (Å²) < 4.78 is 33.1. The van der Waals surface area contributed by atoms with E-state index in [1.165, 1.54) is 18.4 Å². The largest absolute Gasteiger partial charge is 0.508 e. The monoisotopic (exact) mass is 505 g/mol. The van der Waals surface area contributed by atoms with Crippen molar-refractivity contribution >= 4 is 23.0 Å². The summed E-state index contributed by atoms with van der Waals surface area (Å²) in [5.41, 5.74) is 5.25. The maximum atomic E-state index is 13.9.